The predicted molar refractivity (Wildman–Crippen MR) is 57.5 cm³/mol. The van der Waals surface area contributed by atoms with Gasteiger partial charge in [-0.25, -0.2) is 0 Å². The maximum atomic E-state index is 11.5. The second-order valence-electron chi connectivity index (χ2n) is 4.18. The summed E-state index contributed by atoms with van der Waals surface area (Å²) >= 11 is 0. The van der Waals surface area contributed by atoms with Gasteiger partial charge in [0.05, 0.1) is 12.1 Å². The van der Waals surface area contributed by atoms with Crippen LogP contribution < -0.4 is 5.32 Å². The van der Waals surface area contributed by atoms with E-state index in [9.17, 15) is 9.90 Å². The van der Waals surface area contributed by atoms with Crippen molar-refractivity contribution < 1.29 is 14.6 Å². The van der Waals surface area contributed by atoms with E-state index in [1.54, 1.807) is 0 Å². The van der Waals surface area contributed by atoms with Crippen LogP contribution in [-0.4, -0.2) is 36.4 Å². The van der Waals surface area contributed by atoms with Gasteiger partial charge >= 0.3 is 0 Å². The number of hydrogen-bond donors (Lipinski definition) is 2. The van der Waals surface area contributed by atoms with Crippen molar-refractivity contribution in [3.8, 4) is 0 Å². The van der Waals surface area contributed by atoms with E-state index < -0.39 is 0 Å². The maximum Gasteiger partial charge on any atom is 0.246 e. The Morgan fingerprint density at radius 3 is 2.60 bits per heavy atom. The van der Waals surface area contributed by atoms with Gasteiger partial charge in [0.15, 0.2) is 0 Å². The maximum absolute atomic E-state index is 11.5. The fourth-order valence-electron chi connectivity index (χ4n) is 2.08. The molecule has 15 heavy (non-hydrogen) atoms. The lowest BCUT2D eigenvalue weighted by atomic mass is 9.82. The number of hydrogen-bond acceptors (Lipinski definition) is 3. The van der Waals surface area contributed by atoms with Crippen LogP contribution in [0.3, 0.4) is 0 Å². The summed E-state index contributed by atoms with van der Waals surface area (Å²) in [5.41, 5.74) is -0.383. The molecule has 0 unspecified atom stereocenters. The molecule has 0 radical (unpaired) electrons. The van der Waals surface area contributed by atoms with Crippen molar-refractivity contribution in [2.75, 3.05) is 19.8 Å². The van der Waals surface area contributed by atoms with Gasteiger partial charge in [0.2, 0.25) is 5.91 Å². The van der Waals surface area contributed by atoms with Crippen LogP contribution >= 0.6 is 0 Å². The fourth-order valence-corrected chi connectivity index (χ4v) is 2.08. The van der Waals surface area contributed by atoms with Crippen LogP contribution in [0.4, 0.5) is 0 Å². The highest BCUT2D eigenvalue weighted by Crippen LogP contribution is 2.27. The van der Waals surface area contributed by atoms with E-state index in [-0.39, 0.29) is 24.7 Å². The number of aliphatic hydroxyl groups excluding tert-OH is 1. The molecule has 0 spiro atoms. The van der Waals surface area contributed by atoms with E-state index in [0.717, 1.165) is 25.7 Å². The largest absolute Gasteiger partial charge is 0.394 e. The van der Waals surface area contributed by atoms with Crippen LogP contribution in [0, 0.1) is 0 Å². The molecule has 1 aliphatic rings. The molecular formula is C11H21NO3. The molecule has 1 rings (SSSR count). The van der Waals surface area contributed by atoms with Crippen LogP contribution in [0.2, 0.25) is 0 Å². The third kappa shape index (κ3) is 3.80. The number of carbonyl (C=O) groups excluding carboxylic acids is 1. The summed E-state index contributed by atoms with van der Waals surface area (Å²) in [5, 5.41) is 12.3. The Balaban J connectivity index is 2.40. The average molecular weight is 215 g/mol. The van der Waals surface area contributed by atoms with E-state index in [4.69, 9.17) is 4.74 Å². The van der Waals surface area contributed by atoms with Crippen molar-refractivity contribution in [2.24, 2.45) is 0 Å². The third-order valence-corrected chi connectivity index (χ3v) is 2.96. The molecule has 88 valence electrons. The molecule has 0 saturated heterocycles. The molecule has 0 aromatic carbocycles. The van der Waals surface area contributed by atoms with Crippen LogP contribution in [0.5, 0.6) is 0 Å². The lowest BCUT2D eigenvalue weighted by Crippen LogP contribution is -2.53. The van der Waals surface area contributed by atoms with Gasteiger partial charge in [-0.05, 0) is 19.8 Å². The van der Waals surface area contributed by atoms with Crippen molar-refractivity contribution in [1.82, 2.24) is 5.32 Å². The molecule has 4 heteroatoms. The van der Waals surface area contributed by atoms with Gasteiger partial charge in [0, 0.05) is 6.61 Å². The van der Waals surface area contributed by atoms with Gasteiger partial charge in [-0.1, -0.05) is 19.3 Å². The topological polar surface area (TPSA) is 58.6 Å². The second kappa shape index (κ2) is 6.08. The average Bonchev–Trinajstić information content (AvgIpc) is 2.27. The summed E-state index contributed by atoms with van der Waals surface area (Å²) < 4.78 is 5.03. The zero-order valence-corrected chi connectivity index (χ0v) is 9.42. The van der Waals surface area contributed by atoms with E-state index in [1.807, 2.05) is 6.92 Å². The summed E-state index contributed by atoms with van der Waals surface area (Å²) in [6.07, 6.45) is 5.11. The first kappa shape index (κ1) is 12.5. The number of ether oxygens (including phenoxy) is 1. The number of nitrogens with one attached hydrogen (secondary N) is 1. The fraction of sp³-hybridized carbons (Fsp3) is 0.909. The zero-order chi connectivity index (χ0) is 11.1. The van der Waals surface area contributed by atoms with Crippen molar-refractivity contribution in [1.29, 1.82) is 0 Å². The van der Waals surface area contributed by atoms with Crippen LogP contribution in [0.1, 0.15) is 39.0 Å². The SMILES string of the molecule is CCOCC(=O)NC1(CO)CCCCC1. The van der Waals surface area contributed by atoms with E-state index >= 15 is 0 Å². The Hall–Kier alpha value is -0.610. The first-order valence-corrected chi connectivity index (χ1v) is 5.72. The lowest BCUT2D eigenvalue weighted by molar-refractivity contribution is -0.128. The van der Waals surface area contributed by atoms with Crippen molar-refractivity contribution in [3.05, 3.63) is 0 Å². The molecule has 1 saturated carbocycles. The number of rotatable bonds is 5. The summed E-state index contributed by atoms with van der Waals surface area (Å²) in [6.45, 7) is 2.53. The molecular weight excluding hydrogens is 194 g/mol. The van der Waals surface area contributed by atoms with E-state index in [1.165, 1.54) is 6.42 Å². The van der Waals surface area contributed by atoms with Gasteiger partial charge < -0.3 is 15.2 Å². The van der Waals surface area contributed by atoms with Crippen molar-refractivity contribution in [2.45, 2.75) is 44.6 Å². The minimum atomic E-state index is -0.383. The van der Waals surface area contributed by atoms with Crippen LogP contribution in [0.25, 0.3) is 0 Å². The molecule has 0 aliphatic heterocycles. The smallest absolute Gasteiger partial charge is 0.246 e. The summed E-state index contributed by atoms with van der Waals surface area (Å²) in [7, 11) is 0. The quantitative estimate of drug-likeness (QED) is 0.714. The van der Waals surface area contributed by atoms with Gasteiger partial charge in [-0.15, -0.1) is 0 Å². The molecule has 2 N–H and O–H groups in total. The minimum absolute atomic E-state index is 0.0326. The molecule has 0 heterocycles. The van der Waals surface area contributed by atoms with Gasteiger partial charge in [0.25, 0.3) is 0 Å². The highest BCUT2D eigenvalue weighted by Gasteiger charge is 2.32. The Morgan fingerprint density at radius 2 is 2.07 bits per heavy atom. The molecule has 1 fully saturated rings. The van der Waals surface area contributed by atoms with E-state index in [0.29, 0.717) is 6.61 Å². The Labute approximate surface area is 91.0 Å². The third-order valence-electron chi connectivity index (χ3n) is 2.96. The molecule has 1 amide bonds. The number of amides is 1. The monoisotopic (exact) mass is 215 g/mol. The van der Waals surface area contributed by atoms with Gasteiger partial charge in [-0.2, -0.15) is 0 Å². The summed E-state index contributed by atoms with van der Waals surface area (Å²) in [5.74, 6) is -0.118. The number of carbonyl (C=O) groups is 1. The molecule has 1 aliphatic carbocycles. The first-order chi connectivity index (χ1) is 7.22. The highest BCUT2D eigenvalue weighted by molar-refractivity contribution is 5.78. The van der Waals surface area contributed by atoms with E-state index in [2.05, 4.69) is 5.32 Å². The van der Waals surface area contributed by atoms with Gasteiger partial charge in [-0.3, -0.25) is 4.79 Å². The Bertz CT molecular complexity index is 200. The van der Waals surface area contributed by atoms with Crippen molar-refractivity contribution >= 4 is 5.91 Å². The molecule has 0 aromatic heterocycles. The Kier molecular flexibility index (Phi) is 5.05. The summed E-state index contributed by atoms with van der Waals surface area (Å²) in [4.78, 5) is 11.5. The van der Waals surface area contributed by atoms with Crippen LogP contribution in [0.15, 0.2) is 0 Å². The molecule has 4 nitrogen and oxygen atoms in total. The first-order valence-electron chi connectivity index (χ1n) is 5.72. The van der Waals surface area contributed by atoms with Gasteiger partial charge in [0.1, 0.15) is 6.61 Å². The molecule has 0 atom stereocenters. The summed E-state index contributed by atoms with van der Waals surface area (Å²) in [6, 6.07) is 0. The van der Waals surface area contributed by atoms with Crippen molar-refractivity contribution in [3.63, 3.8) is 0 Å². The standard InChI is InChI=1S/C11H21NO3/c1-2-15-8-10(14)12-11(9-13)6-4-3-5-7-11/h13H,2-9H2,1H3,(H,12,14). The lowest BCUT2D eigenvalue weighted by Gasteiger charge is -2.36. The number of aliphatic hydroxyl groups is 1. The molecule has 0 aromatic rings. The Morgan fingerprint density at radius 1 is 1.40 bits per heavy atom. The molecule has 0 bridgehead atoms. The zero-order valence-electron chi connectivity index (χ0n) is 9.42. The second-order valence-corrected chi connectivity index (χ2v) is 4.18. The minimum Gasteiger partial charge on any atom is -0.394 e. The normalized spacial score (nSPS) is 19.9. The highest BCUT2D eigenvalue weighted by atomic mass is 16.5. The van der Waals surface area contributed by atoms with Crippen LogP contribution in [-0.2, 0) is 9.53 Å². The predicted octanol–water partition coefficient (Wildman–Crippen LogP) is 0.834.